The molecule has 1 fully saturated rings. The zero-order chi connectivity index (χ0) is 21.9. The topological polar surface area (TPSA) is 94.9 Å². The molecule has 0 radical (unpaired) electrons. The van der Waals surface area contributed by atoms with Crippen molar-refractivity contribution in [2.75, 3.05) is 4.90 Å². The summed E-state index contributed by atoms with van der Waals surface area (Å²) in [6.45, 7) is 0. The molecule has 6 nitrogen and oxygen atoms in total. The fourth-order valence-electron chi connectivity index (χ4n) is 4.56. The van der Waals surface area contributed by atoms with Crippen molar-refractivity contribution in [1.29, 1.82) is 0 Å². The molecule has 0 bridgehead atoms. The third kappa shape index (κ3) is 3.00. The molecule has 1 amide bonds. The summed E-state index contributed by atoms with van der Waals surface area (Å²) >= 11 is 3.62. The zero-order valence-electron chi connectivity index (χ0n) is 16.0. The van der Waals surface area contributed by atoms with E-state index < -0.39 is 22.5 Å². The Bertz CT molecular complexity index is 1240. The number of halogens is 1. The van der Waals surface area contributed by atoms with Crippen molar-refractivity contribution in [2.45, 2.75) is 22.6 Å². The lowest BCUT2D eigenvalue weighted by Crippen LogP contribution is -2.29. The van der Waals surface area contributed by atoms with Crippen LogP contribution in [0, 0.1) is 0 Å². The maximum absolute atomic E-state index is 13.8. The molecule has 3 aromatic rings. The molecular formula is C23H16ClNO5S. The lowest BCUT2D eigenvalue weighted by atomic mass is 9.92. The van der Waals surface area contributed by atoms with Crippen LogP contribution in [0.25, 0.3) is 0 Å². The number of carbonyl (C=O) groups is 2. The fraction of sp³-hybridized carbons (Fsp3) is 0.130. The van der Waals surface area contributed by atoms with Gasteiger partial charge in [-0.15, -0.1) is 0 Å². The molecule has 1 unspecified atom stereocenters. The van der Waals surface area contributed by atoms with Crippen LogP contribution < -0.4 is 4.90 Å². The second kappa shape index (κ2) is 7.02. The van der Waals surface area contributed by atoms with Crippen molar-refractivity contribution in [3.8, 4) is 0 Å². The molecule has 1 aliphatic heterocycles. The van der Waals surface area contributed by atoms with Gasteiger partial charge in [0.25, 0.3) is 0 Å². The highest BCUT2D eigenvalue weighted by atomic mass is 35.5. The third-order valence-electron chi connectivity index (χ3n) is 6.04. The van der Waals surface area contributed by atoms with Crippen LogP contribution in [0.4, 0.5) is 11.4 Å². The Kier molecular flexibility index (Phi) is 4.51. The Labute approximate surface area is 185 Å². The summed E-state index contributed by atoms with van der Waals surface area (Å²) < 4.78 is 21.2. The Morgan fingerprint density at radius 2 is 1.81 bits per heavy atom. The molecular weight excluding hydrogens is 438 g/mol. The molecule has 8 heteroatoms. The Hall–Kier alpha value is -3.00. The van der Waals surface area contributed by atoms with Crippen molar-refractivity contribution >= 4 is 45.9 Å². The largest absolute Gasteiger partial charge is 0.478 e. The van der Waals surface area contributed by atoms with Crippen LogP contribution in [0.2, 0.25) is 5.02 Å². The van der Waals surface area contributed by atoms with E-state index in [-0.39, 0.29) is 28.0 Å². The van der Waals surface area contributed by atoms with Crippen LogP contribution in [-0.4, -0.2) is 25.7 Å². The van der Waals surface area contributed by atoms with Crippen LogP contribution >= 0.6 is 11.6 Å². The fourth-order valence-corrected chi connectivity index (χ4v) is 5.13. The molecule has 1 heterocycles. The van der Waals surface area contributed by atoms with E-state index in [0.717, 1.165) is 17.2 Å². The molecule has 0 aromatic heterocycles. The van der Waals surface area contributed by atoms with Crippen molar-refractivity contribution in [3.63, 3.8) is 0 Å². The predicted octanol–water partition coefficient (Wildman–Crippen LogP) is 4.72. The lowest BCUT2D eigenvalue weighted by Gasteiger charge is -2.19. The van der Waals surface area contributed by atoms with E-state index >= 15 is 0 Å². The summed E-state index contributed by atoms with van der Waals surface area (Å²) in [4.78, 5) is 26.7. The number of anilines is 2. The summed E-state index contributed by atoms with van der Waals surface area (Å²) in [6.07, 6.45) is 0.623. The van der Waals surface area contributed by atoms with Gasteiger partial charge in [0, 0.05) is 10.9 Å². The second-order valence-corrected chi connectivity index (χ2v) is 9.11. The molecule has 5 rings (SSSR count). The van der Waals surface area contributed by atoms with Crippen LogP contribution in [0.1, 0.15) is 33.8 Å². The summed E-state index contributed by atoms with van der Waals surface area (Å²) in [5, 5.41) is 10.1. The van der Waals surface area contributed by atoms with E-state index in [1.165, 1.54) is 17.0 Å². The zero-order valence-corrected chi connectivity index (χ0v) is 17.6. The van der Waals surface area contributed by atoms with Gasteiger partial charge in [0.05, 0.1) is 27.2 Å². The average Bonchev–Trinajstić information content (AvgIpc) is 3.45. The highest BCUT2D eigenvalue weighted by Crippen LogP contribution is 2.67. The van der Waals surface area contributed by atoms with Gasteiger partial charge in [-0.3, -0.25) is 9.69 Å². The highest BCUT2D eigenvalue weighted by molar-refractivity contribution is 7.79. The molecule has 156 valence electrons. The van der Waals surface area contributed by atoms with Gasteiger partial charge in [-0.25, -0.2) is 9.00 Å². The van der Waals surface area contributed by atoms with E-state index in [9.17, 15) is 23.5 Å². The van der Waals surface area contributed by atoms with Gasteiger partial charge in [0.1, 0.15) is 0 Å². The van der Waals surface area contributed by atoms with E-state index in [1.807, 2.05) is 36.4 Å². The first-order chi connectivity index (χ1) is 14.8. The number of hydrogen-bond donors (Lipinski definition) is 2. The van der Waals surface area contributed by atoms with Crippen LogP contribution in [-0.2, 0) is 21.3 Å². The molecule has 2 aliphatic rings. The summed E-state index contributed by atoms with van der Waals surface area (Å²) in [5.41, 5.74) is 1.88. The smallest absolute Gasteiger partial charge is 0.335 e. The maximum Gasteiger partial charge on any atom is 0.335 e. The number of fused-ring (bicyclic) bond motifs is 2. The number of carboxylic acid groups (broad SMARTS) is 1. The van der Waals surface area contributed by atoms with E-state index in [4.69, 9.17) is 11.6 Å². The van der Waals surface area contributed by atoms with Crippen LogP contribution in [0.15, 0.2) is 71.6 Å². The van der Waals surface area contributed by atoms with Gasteiger partial charge in [-0.2, -0.15) is 0 Å². The summed E-state index contributed by atoms with van der Waals surface area (Å²) in [5.74, 6) is -1.45. The summed E-state index contributed by atoms with van der Waals surface area (Å²) in [6, 6.07) is 18.7. The number of nitrogens with zero attached hydrogens (tertiary/aromatic N) is 1. The Morgan fingerprint density at radius 1 is 1.10 bits per heavy atom. The van der Waals surface area contributed by atoms with Crippen molar-refractivity contribution in [1.82, 2.24) is 0 Å². The van der Waals surface area contributed by atoms with E-state index in [2.05, 4.69) is 0 Å². The van der Waals surface area contributed by atoms with Gasteiger partial charge < -0.3 is 9.66 Å². The van der Waals surface area contributed by atoms with Gasteiger partial charge in [-0.1, -0.05) is 41.9 Å². The summed E-state index contributed by atoms with van der Waals surface area (Å²) in [7, 11) is 0. The molecule has 3 atom stereocenters. The van der Waals surface area contributed by atoms with Crippen LogP contribution in [0.5, 0.6) is 0 Å². The molecule has 1 spiro atoms. The van der Waals surface area contributed by atoms with Gasteiger partial charge in [0.15, 0.2) is 11.1 Å². The average molecular weight is 454 g/mol. The molecule has 1 aliphatic carbocycles. The number of rotatable bonds is 4. The second-order valence-electron chi connectivity index (χ2n) is 7.71. The van der Waals surface area contributed by atoms with Gasteiger partial charge >= 0.3 is 5.97 Å². The molecule has 3 aromatic carbocycles. The minimum atomic E-state index is -2.39. The predicted molar refractivity (Wildman–Crippen MR) is 117 cm³/mol. The van der Waals surface area contributed by atoms with Gasteiger partial charge in [0.2, 0.25) is 5.91 Å². The number of carbonyl (C=O) groups excluding carboxylic acids is 1. The van der Waals surface area contributed by atoms with E-state index in [0.29, 0.717) is 17.1 Å². The number of benzene rings is 3. The Morgan fingerprint density at radius 3 is 2.48 bits per heavy atom. The van der Waals surface area contributed by atoms with Crippen LogP contribution in [0.3, 0.4) is 0 Å². The SMILES string of the molecule is O=C(O)c1cc(N2C(=O)[C@]3(C[C@H]3c3ccc(Cl)cc3)c3ccccc32)cc(S(=O)O)c1. The first-order valence-electron chi connectivity index (χ1n) is 9.51. The van der Waals surface area contributed by atoms with E-state index in [1.54, 1.807) is 12.1 Å². The number of hydrogen-bond acceptors (Lipinski definition) is 3. The monoisotopic (exact) mass is 453 g/mol. The minimum Gasteiger partial charge on any atom is -0.478 e. The molecule has 0 saturated heterocycles. The molecule has 31 heavy (non-hydrogen) atoms. The third-order valence-corrected chi connectivity index (χ3v) is 6.93. The first kappa shape index (κ1) is 19.9. The number of carboxylic acids is 1. The first-order valence-corrected chi connectivity index (χ1v) is 11.0. The maximum atomic E-state index is 13.8. The molecule has 1 saturated carbocycles. The Balaban J connectivity index is 1.65. The lowest BCUT2D eigenvalue weighted by molar-refractivity contribution is -0.119. The quantitative estimate of drug-likeness (QED) is 0.557. The van der Waals surface area contributed by atoms with Gasteiger partial charge in [-0.05, 0) is 53.9 Å². The number of amides is 1. The van der Waals surface area contributed by atoms with Crippen molar-refractivity contribution in [2.24, 2.45) is 0 Å². The standard InChI is InChI=1S/C23H16ClNO5S/c24-15-7-5-13(6-8-15)19-12-23(19)18-3-1-2-4-20(18)25(22(23)28)16-9-14(21(26)27)10-17(11-16)31(29)30/h1-11,19H,12H2,(H,26,27)(H,29,30)/t19-,23+/m0/s1. The number of para-hydroxylation sites is 1. The number of aromatic carboxylic acids is 1. The normalized spacial score (nSPS) is 22.5. The van der Waals surface area contributed by atoms with Crippen molar-refractivity contribution in [3.05, 3.63) is 88.4 Å². The van der Waals surface area contributed by atoms with Crippen molar-refractivity contribution < 1.29 is 23.5 Å². The molecule has 2 N–H and O–H groups in total. The highest BCUT2D eigenvalue weighted by Gasteiger charge is 2.67. The minimum absolute atomic E-state index is 0.0301.